The molecule has 13 nitrogen and oxygen atoms in total. The summed E-state index contributed by atoms with van der Waals surface area (Å²) in [5.41, 5.74) is 2.48. The largest absolute Gasteiger partial charge is 1.00 e. The third kappa shape index (κ3) is 16.5. The van der Waals surface area contributed by atoms with Crippen molar-refractivity contribution in [3.63, 3.8) is 0 Å². The van der Waals surface area contributed by atoms with Gasteiger partial charge in [-0.2, -0.15) is 0 Å². The predicted octanol–water partition coefficient (Wildman–Crippen LogP) is 0.387. The minimum absolute atomic E-state index is 0. The first-order valence-electron chi connectivity index (χ1n) is 13.6. The number of aromatic nitrogens is 3. The summed E-state index contributed by atoms with van der Waals surface area (Å²) in [4.78, 5) is 33.6. The standard InChI is InChI=1S/C18H17N3O3.C8H15NO4S.C5H8O2.Na/c1-12(2)18(23)24-10-9-13-7-8-17(22)16(11-13)21-19-14-5-3-4-6-15(14)20-21;1-4-7(10)9-5-8(2,3)6-14(11,12)13;1-3-5(6)7-4-2;/h3-8,11,22H,1,9-10H2,2H3;4H,1,5-6H2,2-3H3,(H,9,10)(H,11,12,13);3H,1,4H2,2H3;/q;;;+1/p-1. The van der Waals surface area contributed by atoms with E-state index in [4.69, 9.17) is 4.74 Å². The molecule has 244 valence electrons. The molecule has 2 N–H and O–H groups in total. The number of phenolic OH excluding ortho intramolecular Hbond substituents is 1. The molecule has 1 amide bonds. The van der Waals surface area contributed by atoms with Crippen molar-refractivity contribution in [2.24, 2.45) is 5.41 Å². The van der Waals surface area contributed by atoms with Gasteiger partial charge in [-0.1, -0.05) is 51.8 Å². The third-order valence-corrected chi connectivity index (χ3v) is 6.60. The van der Waals surface area contributed by atoms with Crippen LogP contribution in [0.25, 0.3) is 16.7 Å². The van der Waals surface area contributed by atoms with Crippen molar-refractivity contribution >= 4 is 39.0 Å². The van der Waals surface area contributed by atoms with Crippen LogP contribution in [-0.4, -0.2) is 76.4 Å². The summed E-state index contributed by atoms with van der Waals surface area (Å²) in [5, 5.41) is 21.3. The molecule has 0 bridgehead atoms. The zero-order valence-corrected chi connectivity index (χ0v) is 29.6. The summed E-state index contributed by atoms with van der Waals surface area (Å²) < 4.78 is 40.9. The fraction of sp³-hybridized carbons (Fsp3) is 0.323. The molecular weight excluding hydrogens is 627 g/mol. The molecule has 2 aromatic carbocycles. The van der Waals surface area contributed by atoms with Gasteiger partial charge in [-0.05, 0) is 55.2 Å². The Kier molecular flexibility index (Phi) is 18.6. The van der Waals surface area contributed by atoms with Crippen molar-refractivity contribution in [1.82, 2.24) is 20.3 Å². The number of hydrogen-bond donors (Lipinski definition) is 2. The molecule has 0 radical (unpaired) electrons. The molecule has 0 saturated carbocycles. The number of nitrogens with one attached hydrogen (secondary N) is 1. The van der Waals surface area contributed by atoms with Gasteiger partial charge in [0.1, 0.15) is 22.5 Å². The molecule has 0 unspecified atom stereocenters. The molecule has 0 atom stereocenters. The van der Waals surface area contributed by atoms with E-state index < -0.39 is 27.3 Å². The van der Waals surface area contributed by atoms with Crippen molar-refractivity contribution < 1.29 is 71.5 Å². The summed E-state index contributed by atoms with van der Waals surface area (Å²) in [6, 6.07) is 12.6. The summed E-state index contributed by atoms with van der Waals surface area (Å²) >= 11 is 0. The first-order chi connectivity index (χ1) is 21.0. The van der Waals surface area contributed by atoms with Gasteiger partial charge in [-0.25, -0.2) is 18.0 Å². The average molecular weight is 667 g/mol. The molecule has 3 rings (SSSR count). The Morgan fingerprint density at radius 3 is 2.11 bits per heavy atom. The van der Waals surface area contributed by atoms with Crippen LogP contribution in [0, 0.1) is 5.41 Å². The topological polar surface area (TPSA) is 190 Å². The summed E-state index contributed by atoms with van der Waals surface area (Å²) in [7, 11) is -4.26. The summed E-state index contributed by atoms with van der Waals surface area (Å²) in [6.07, 6.45) is 2.75. The van der Waals surface area contributed by atoms with Crippen LogP contribution in [0.4, 0.5) is 0 Å². The van der Waals surface area contributed by atoms with E-state index in [0.29, 0.717) is 24.3 Å². The minimum atomic E-state index is -4.26. The van der Waals surface area contributed by atoms with Gasteiger partial charge < -0.3 is 24.4 Å². The molecule has 0 saturated heterocycles. The van der Waals surface area contributed by atoms with Crippen molar-refractivity contribution in [1.29, 1.82) is 0 Å². The van der Waals surface area contributed by atoms with E-state index in [1.807, 2.05) is 24.3 Å². The monoisotopic (exact) mass is 666 g/mol. The zero-order chi connectivity index (χ0) is 34.2. The van der Waals surface area contributed by atoms with Crippen molar-refractivity contribution in [3.05, 3.63) is 85.5 Å². The van der Waals surface area contributed by atoms with Gasteiger partial charge >= 0.3 is 41.5 Å². The number of aromatic hydroxyl groups is 1. The van der Waals surface area contributed by atoms with Crippen LogP contribution in [0.1, 0.15) is 33.3 Å². The van der Waals surface area contributed by atoms with Crippen molar-refractivity contribution in [2.75, 3.05) is 25.5 Å². The number of ether oxygens (including phenoxy) is 2. The number of benzene rings is 2. The van der Waals surface area contributed by atoms with E-state index in [2.05, 4.69) is 40.0 Å². The number of fused-ring (bicyclic) bond motifs is 1. The second kappa shape index (κ2) is 20.3. The molecule has 1 aromatic heterocycles. The maximum absolute atomic E-state index is 11.4. The van der Waals surface area contributed by atoms with E-state index in [1.165, 1.54) is 4.80 Å². The molecule has 0 aliphatic rings. The van der Waals surface area contributed by atoms with E-state index in [0.717, 1.165) is 28.7 Å². The Morgan fingerprint density at radius 2 is 1.65 bits per heavy atom. The number of phenols is 1. The maximum Gasteiger partial charge on any atom is 1.00 e. The van der Waals surface area contributed by atoms with Gasteiger partial charge in [0.2, 0.25) is 5.91 Å². The molecule has 1 heterocycles. The third-order valence-electron chi connectivity index (χ3n) is 5.46. The van der Waals surface area contributed by atoms with Gasteiger partial charge in [0.15, 0.2) is 0 Å². The fourth-order valence-electron chi connectivity index (χ4n) is 3.37. The summed E-state index contributed by atoms with van der Waals surface area (Å²) in [5.74, 6) is -1.58. The number of esters is 2. The van der Waals surface area contributed by atoms with Crippen LogP contribution in [0.2, 0.25) is 0 Å². The summed E-state index contributed by atoms with van der Waals surface area (Å²) in [6.45, 7) is 17.3. The van der Waals surface area contributed by atoms with Gasteiger partial charge in [0, 0.05) is 30.4 Å². The van der Waals surface area contributed by atoms with Crippen molar-refractivity contribution in [2.45, 2.75) is 34.1 Å². The van der Waals surface area contributed by atoms with E-state index in [9.17, 15) is 32.5 Å². The first-order valence-corrected chi connectivity index (χ1v) is 15.2. The number of hydrogen-bond acceptors (Lipinski definition) is 11. The number of carbonyl (C=O) groups is 3. The normalized spacial score (nSPS) is 10.5. The SMILES string of the molecule is C=C(C)C(=O)OCCc1ccc(O)c(-n2nc3ccccc3n2)c1.C=CC(=O)NCC(C)(C)CS(=O)(=O)[O-].C=CC(=O)OCC.[Na+]. The molecule has 0 aliphatic heterocycles. The quantitative estimate of drug-likeness (QED) is 0.118. The predicted molar refractivity (Wildman–Crippen MR) is 168 cm³/mol. The molecule has 0 spiro atoms. The van der Waals surface area contributed by atoms with Crippen LogP contribution in [0.3, 0.4) is 0 Å². The molecular formula is C31H39N4NaO9S. The van der Waals surface area contributed by atoms with Crippen LogP contribution in [0.5, 0.6) is 5.75 Å². The molecule has 15 heteroatoms. The molecule has 0 fully saturated rings. The molecule has 46 heavy (non-hydrogen) atoms. The van der Waals surface area contributed by atoms with Crippen LogP contribution < -0.4 is 34.9 Å². The maximum atomic E-state index is 11.4. The molecule has 3 aromatic rings. The van der Waals surface area contributed by atoms with Crippen LogP contribution in [0.15, 0.2) is 79.9 Å². The first kappa shape index (κ1) is 42.2. The Balaban J connectivity index is 0.000000784. The van der Waals surface area contributed by atoms with E-state index in [1.54, 1.807) is 45.9 Å². The van der Waals surface area contributed by atoms with Gasteiger partial charge in [0.25, 0.3) is 0 Å². The Bertz CT molecular complexity index is 1590. The number of amides is 1. The van der Waals surface area contributed by atoms with E-state index in [-0.39, 0.29) is 60.3 Å². The number of carbonyl (C=O) groups excluding carboxylic acids is 3. The smallest absolute Gasteiger partial charge is 0.748 e. The van der Waals surface area contributed by atoms with Gasteiger partial charge in [-0.3, -0.25) is 4.79 Å². The van der Waals surface area contributed by atoms with E-state index >= 15 is 0 Å². The van der Waals surface area contributed by atoms with Crippen LogP contribution >= 0.6 is 0 Å². The number of rotatable bonds is 12. The Hall–Kier alpha value is -3.82. The fourth-order valence-corrected chi connectivity index (χ4v) is 4.43. The zero-order valence-electron chi connectivity index (χ0n) is 26.8. The number of nitrogens with zero attached hydrogens (tertiary/aromatic N) is 3. The average Bonchev–Trinajstić information content (AvgIpc) is 3.40. The van der Waals surface area contributed by atoms with Crippen molar-refractivity contribution in [3.8, 4) is 11.4 Å². The van der Waals surface area contributed by atoms with Crippen LogP contribution in [-0.2, 0) is 40.4 Å². The minimum Gasteiger partial charge on any atom is -0.748 e. The second-order valence-electron chi connectivity index (χ2n) is 10.2. The Labute approximate surface area is 291 Å². The van der Waals surface area contributed by atoms with Gasteiger partial charge in [-0.15, -0.1) is 15.0 Å². The second-order valence-corrected chi connectivity index (χ2v) is 11.6. The Morgan fingerprint density at radius 1 is 1.07 bits per heavy atom. The van der Waals surface area contributed by atoms with Gasteiger partial charge in [0.05, 0.1) is 23.3 Å². The molecule has 0 aliphatic carbocycles.